The zero-order valence-corrected chi connectivity index (χ0v) is 32.6. The molecule has 2 aliphatic heterocycles. The Kier molecular flexibility index (Phi) is 10.9. The topological polar surface area (TPSA) is 146 Å². The van der Waals surface area contributed by atoms with E-state index in [0.29, 0.717) is 35.7 Å². The molecule has 0 saturated carbocycles. The molecule has 1 aromatic carbocycles. The minimum Gasteiger partial charge on any atom is -0.484 e. The number of amides is 2. The van der Waals surface area contributed by atoms with Crippen LogP contribution >= 0.6 is 0 Å². The molecule has 4 aromatic rings. The van der Waals surface area contributed by atoms with E-state index in [1.807, 2.05) is 66.5 Å². The Bertz CT molecular complexity index is 1990. The summed E-state index contributed by atoms with van der Waals surface area (Å²) in [4.78, 5) is 25.5. The lowest BCUT2D eigenvalue weighted by Crippen LogP contribution is -2.57. The number of carbonyl (C=O) groups excluding carboxylic acids is 1. The molecule has 0 bridgehead atoms. The summed E-state index contributed by atoms with van der Waals surface area (Å²) in [7, 11) is 4.25. The molecule has 1 aliphatic carbocycles. The number of hydrogen-bond acceptors (Lipinski definition) is 10. The molecule has 0 radical (unpaired) electrons. The van der Waals surface area contributed by atoms with Crippen molar-refractivity contribution >= 4 is 29.1 Å². The minimum absolute atomic E-state index is 0.174. The molecule has 3 aromatic heterocycles. The van der Waals surface area contributed by atoms with Gasteiger partial charge in [-0.2, -0.15) is 5.10 Å². The first-order chi connectivity index (χ1) is 25.9. The highest BCUT2D eigenvalue weighted by atomic mass is 16.5. The molecule has 288 valence electrons. The molecule has 54 heavy (non-hydrogen) atoms. The molecular formula is C40H56N12O2. The smallest absolute Gasteiger partial charge is 0.320 e. The van der Waals surface area contributed by atoms with Gasteiger partial charge in [-0.1, -0.05) is 45.0 Å². The lowest BCUT2D eigenvalue weighted by atomic mass is 9.85. The van der Waals surface area contributed by atoms with E-state index in [9.17, 15) is 4.79 Å². The van der Waals surface area contributed by atoms with E-state index in [1.165, 1.54) is 6.42 Å². The molecule has 2 fully saturated rings. The second-order valence-electron chi connectivity index (χ2n) is 16.3. The molecule has 14 heteroatoms. The van der Waals surface area contributed by atoms with E-state index in [-0.39, 0.29) is 23.6 Å². The van der Waals surface area contributed by atoms with Crippen LogP contribution in [0.4, 0.5) is 16.4 Å². The number of ether oxygens (including phenoxy) is 1. The third kappa shape index (κ3) is 8.55. The van der Waals surface area contributed by atoms with Crippen LogP contribution in [0.2, 0.25) is 0 Å². The van der Waals surface area contributed by atoms with Gasteiger partial charge in [-0.05, 0) is 76.4 Å². The Hall–Kier alpha value is -4.95. The number of piperidine rings is 1. The van der Waals surface area contributed by atoms with Crippen molar-refractivity contribution in [1.29, 1.82) is 0 Å². The first kappa shape index (κ1) is 37.4. The fourth-order valence-electron chi connectivity index (χ4n) is 7.45. The second kappa shape index (κ2) is 15.8. The number of nitrogens with zero attached hydrogens (tertiary/aromatic N) is 9. The number of carbonyl (C=O) groups is 1. The maximum absolute atomic E-state index is 13.7. The number of amidine groups is 1. The van der Waals surface area contributed by atoms with Crippen molar-refractivity contribution in [2.75, 3.05) is 45.2 Å². The molecule has 7 rings (SSSR count). The number of fused-ring (bicyclic) bond motifs is 2. The van der Waals surface area contributed by atoms with Gasteiger partial charge in [0.1, 0.15) is 23.4 Å². The standard InChI is InChI=1S/C40H56N12O2/c1-27-11-9-10-18-51(27)39-47-46-37-17-14-30(26-52(37)39)54-34-16-15-33(31-12-7-8-13-32(31)34)44-38(53)45-36(21-35(41)40(2,3)4)43-28-22-42-50(23-28)20-19-49-24-29(25-49)48(5)6/h7-8,12-14,17,21-23,26-27,29,33-34H,9-11,15-16,18-20,24-25,41H2,1-6H3,(H2,43,44,45,53)/t27-,33-,34+/m0/s1. The SMILES string of the molecule is C[C@H]1CCCCN1c1nnc2ccc(O[C@@H]3CC[C@H](NC(=O)NC(C=C(N)C(C)(C)C)=Nc4cnn(CCN5CC(N(C)C)C5)c4)c4ccccc43)cn12. The number of likely N-dealkylation sites (N-methyl/N-ethyl adjacent to an activating group) is 1. The molecule has 4 N–H and O–H groups in total. The van der Waals surface area contributed by atoms with Gasteiger partial charge in [0.15, 0.2) is 5.65 Å². The van der Waals surface area contributed by atoms with E-state index >= 15 is 0 Å². The third-order valence-electron chi connectivity index (χ3n) is 11.0. The van der Waals surface area contributed by atoms with Crippen molar-refractivity contribution in [2.24, 2.45) is 16.1 Å². The Balaban J connectivity index is 1.03. The predicted octanol–water partition coefficient (Wildman–Crippen LogP) is 5.42. The monoisotopic (exact) mass is 736 g/mol. The molecule has 3 atom stereocenters. The van der Waals surface area contributed by atoms with Gasteiger partial charge >= 0.3 is 6.03 Å². The molecule has 2 amide bonds. The van der Waals surface area contributed by atoms with E-state index in [1.54, 1.807) is 12.3 Å². The summed E-state index contributed by atoms with van der Waals surface area (Å²) in [6.45, 7) is 13.1. The van der Waals surface area contributed by atoms with E-state index in [0.717, 1.165) is 80.5 Å². The Morgan fingerprint density at radius 2 is 1.83 bits per heavy atom. The highest BCUT2D eigenvalue weighted by Crippen LogP contribution is 2.39. The second-order valence-corrected chi connectivity index (χ2v) is 16.3. The lowest BCUT2D eigenvalue weighted by molar-refractivity contribution is 0.0601. The maximum atomic E-state index is 13.7. The number of anilines is 1. The quantitative estimate of drug-likeness (QED) is 0.144. The molecule has 5 heterocycles. The van der Waals surface area contributed by atoms with Gasteiger partial charge in [-0.25, -0.2) is 9.79 Å². The fourth-order valence-corrected chi connectivity index (χ4v) is 7.45. The van der Waals surface area contributed by atoms with Crippen LogP contribution in [0.15, 0.2) is 71.8 Å². The van der Waals surface area contributed by atoms with Crippen LogP contribution in [0.1, 0.15) is 83.1 Å². The van der Waals surface area contributed by atoms with Crippen molar-refractivity contribution in [3.8, 4) is 5.75 Å². The normalized spacial score (nSPS) is 21.6. The van der Waals surface area contributed by atoms with Gasteiger partial charge in [0, 0.05) is 55.5 Å². The largest absolute Gasteiger partial charge is 0.484 e. The Labute approximate surface area is 318 Å². The van der Waals surface area contributed by atoms with Gasteiger partial charge in [0.25, 0.3) is 0 Å². The van der Waals surface area contributed by atoms with Crippen LogP contribution in [0.3, 0.4) is 0 Å². The number of rotatable bonds is 10. The third-order valence-corrected chi connectivity index (χ3v) is 11.0. The van der Waals surface area contributed by atoms with Crippen molar-refractivity contribution < 1.29 is 9.53 Å². The van der Waals surface area contributed by atoms with E-state index < -0.39 is 0 Å². The number of benzene rings is 1. The van der Waals surface area contributed by atoms with Crippen molar-refractivity contribution in [1.82, 2.24) is 44.8 Å². The molecule has 0 unspecified atom stereocenters. The first-order valence-corrected chi connectivity index (χ1v) is 19.3. The Morgan fingerprint density at radius 3 is 2.59 bits per heavy atom. The summed E-state index contributed by atoms with van der Waals surface area (Å²) in [5, 5.41) is 19.7. The predicted molar refractivity (Wildman–Crippen MR) is 212 cm³/mol. The summed E-state index contributed by atoms with van der Waals surface area (Å²) in [5.41, 5.74) is 10.3. The van der Waals surface area contributed by atoms with Crippen LogP contribution in [0, 0.1) is 5.41 Å². The van der Waals surface area contributed by atoms with Crippen molar-refractivity contribution in [3.63, 3.8) is 0 Å². The summed E-state index contributed by atoms with van der Waals surface area (Å²) >= 11 is 0. The van der Waals surface area contributed by atoms with Crippen molar-refractivity contribution in [3.05, 3.63) is 77.9 Å². The van der Waals surface area contributed by atoms with Crippen LogP contribution in [-0.2, 0) is 6.54 Å². The molecule has 0 spiro atoms. The number of hydrogen-bond donors (Lipinski definition) is 3. The van der Waals surface area contributed by atoms with Gasteiger partial charge in [0.05, 0.1) is 31.2 Å². The van der Waals surface area contributed by atoms with Gasteiger partial charge in [0.2, 0.25) is 5.95 Å². The molecule has 2 saturated heterocycles. The maximum Gasteiger partial charge on any atom is 0.320 e. The van der Waals surface area contributed by atoms with E-state index in [2.05, 4.69) is 73.8 Å². The zero-order chi connectivity index (χ0) is 38.0. The van der Waals surface area contributed by atoms with Gasteiger partial charge < -0.3 is 25.6 Å². The summed E-state index contributed by atoms with van der Waals surface area (Å²) in [5.74, 6) is 1.96. The number of nitrogens with two attached hydrogens (primary N) is 1. The average molecular weight is 737 g/mol. The van der Waals surface area contributed by atoms with E-state index in [4.69, 9.17) is 15.5 Å². The number of aromatic nitrogens is 5. The van der Waals surface area contributed by atoms with Crippen LogP contribution in [0.25, 0.3) is 5.65 Å². The van der Waals surface area contributed by atoms with Crippen LogP contribution in [0.5, 0.6) is 5.75 Å². The summed E-state index contributed by atoms with van der Waals surface area (Å²) in [6, 6.07) is 12.6. The summed E-state index contributed by atoms with van der Waals surface area (Å²) < 4.78 is 10.6. The van der Waals surface area contributed by atoms with Crippen LogP contribution in [-0.4, -0.2) is 98.4 Å². The number of aliphatic imine (C=N–C) groups is 1. The average Bonchev–Trinajstić information content (AvgIpc) is 3.74. The number of allylic oxidation sites excluding steroid dienone is 1. The summed E-state index contributed by atoms with van der Waals surface area (Å²) in [6.07, 6.45) is 12.1. The van der Waals surface area contributed by atoms with Crippen molar-refractivity contribution in [2.45, 2.75) is 90.6 Å². The lowest BCUT2D eigenvalue weighted by Gasteiger charge is -2.42. The van der Waals surface area contributed by atoms with Gasteiger partial charge in [-0.15, -0.1) is 10.2 Å². The fraction of sp³-hybridized carbons (Fsp3) is 0.525. The Morgan fingerprint density at radius 1 is 1.04 bits per heavy atom. The zero-order valence-electron chi connectivity index (χ0n) is 32.6. The number of urea groups is 1. The highest BCUT2D eigenvalue weighted by Gasteiger charge is 2.31. The first-order valence-electron chi connectivity index (χ1n) is 19.3. The van der Waals surface area contributed by atoms with Gasteiger partial charge in [-0.3, -0.25) is 19.3 Å². The number of nitrogens with one attached hydrogen (secondary N) is 2. The highest BCUT2D eigenvalue weighted by molar-refractivity contribution is 6.05. The molecular weight excluding hydrogens is 681 g/mol. The number of likely N-dealkylation sites (tertiary alicyclic amines) is 1. The van der Waals surface area contributed by atoms with Crippen LogP contribution < -0.4 is 26.0 Å². The minimum atomic E-state index is -0.357. The molecule has 3 aliphatic rings. The number of pyridine rings is 1. The molecule has 14 nitrogen and oxygen atoms in total.